The zero-order chi connectivity index (χ0) is 21.1. The minimum Gasteiger partial charge on any atom is -0.321 e. The van der Waals surface area contributed by atoms with Crippen LogP contribution in [0.5, 0.6) is 0 Å². The first kappa shape index (κ1) is 18.7. The third-order valence-corrected chi connectivity index (χ3v) is 6.97. The summed E-state index contributed by atoms with van der Waals surface area (Å²) in [5.41, 5.74) is 6.57. The maximum absolute atomic E-state index is 13.4. The summed E-state index contributed by atoms with van der Waals surface area (Å²) in [6.07, 6.45) is 7.38. The maximum atomic E-state index is 13.4. The van der Waals surface area contributed by atoms with E-state index in [0.717, 1.165) is 34.8 Å². The Morgan fingerprint density at radius 2 is 1.94 bits per heavy atom. The van der Waals surface area contributed by atoms with Crippen molar-refractivity contribution < 1.29 is 4.79 Å². The molecule has 158 valence electrons. The molecule has 0 radical (unpaired) electrons. The Morgan fingerprint density at radius 3 is 2.65 bits per heavy atom. The molecule has 2 fully saturated rings. The molecule has 1 aliphatic heterocycles. The van der Waals surface area contributed by atoms with Crippen LogP contribution in [0.3, 0.4) is 0 Å². The third kappa shape index (κ3) is 3.34. The van der Waals surface area contributed by atoms with Crippen LogP contribution in [0.25, 0.3) is 0 Å². The van der Waals surface area contributed by atoms with Crippen molar-refractivity contribution in [3.05, 3.63) is 70.6 Å². The number of nitrogens with zero attached hydrogens (tertiary/aromatic N) is 5. The molecule has 2 aromatic heterocycles. The number of aryl methyl sites for hydroxylation is 1. The first-order valence-electron chi connectivity index (χ1n) is 11.4. The lowest BCUT2D eigenvalue weighted by Crippen LogP contribution is -2.23. The number of anilines is 1. The Balaban J connectivity index is 1.30. The van der Waals surface area contributed by atoms with Gasteiger partial charge in [0.1, 0.15) is 12.2 Å². The predicted octanol–water partition coefficient (Wildman–Crippen LogP) is 4.47. The van der Waals surface area contributed by atoms with E-state index in [1.165, 1.54) is 36.9 Å². The Kier molecular flexibility index (Phi) is 4.23. The van der Waals surface area contributed by atoms with Gasteiger partial charge in [0.2, 0.25) is 0 Å². The average molecular weight is 414 g/mol. The van der Waals surface area contributed by atoms with E-state index in [9.17, 15) is 4.79 Å². The second-order valence-electron chi connectivity index (χ2n) is 9.46. The van der Waals surface area contributed by atoms with Crippen molar-refractivity contribution in [1.29, 1.82) is 0 Å². The SMILES string of the molecule is C[C@H](Cc1nncn1C)c1cccc(N2Cc3c(cc(C4CC4)nc3C3CC3)C2=O)c1. The van der Waals surface area contributed by atoms with Gasteiger partial charge in [0.15, 0.2) is 0 Å². The van der Waals surface area contributed by atoms with Gasteiger partial charge in [-0.25, -0.2) is 0 Å². The van der Waals surface area contributed by atoms with Crippen LogP contribution in [-0.4, -0.2) is 25.7 Å². The molecule has 6 nitrogen and oxygen atoms in total. The molecule has 3 aliphatic rings. The number of carbonyl (C=O) groups is 1. The predicted molar refractivity (Wildman–Crippen MR) is 118 cm³/mol. The van der Waals surface area contributed by atoms with Gasteiger partial charge in [0.25, 0.3) is 5.91 Å². The molecule has 2 aliphatic carbocycles. The highest BCUT2D eigenvalue weighted by Crippen LogP contribution is 2.47. The van der Waals surface area contributed by atoms with E-state index in [-0.39, 0.29) is 11.8 Å². The van der Waals surface area contributed by atoms with E-state index in [4.69, 9.17) is 4.98 Å². The smallest absolute Gasteiger partial charge is 0.259 e. The summed E-state index contributed by atoms with van der Waals surface area (Å²) in [6, 6.07) is 10.5. The van der Waals surface area contributed by atoms with Gasteiger partial charge in [0.05, 0.1) is 6.54 Å². The van der Waals surface area contributed by atoms with Crippen LogP contribution in [-0.2, 0) is 20.0 Å². The van der Waals surface area contributed by atoms with E-state index in [0.29, 0.717) is 18.4 Å². The maximum Gasteiger partial charge on any atom is 0.259 e. The fourth-order valence-electron chi connectivity index (χ4n) is 4.72. The molecule has 6 heteroatoms. The molecule has 1 aromatic carbocycles. The van der Waals surface area contributed by atoms with Crippen LogP contribution in [0.2, 0.25) is 0 Å². The highest BCUT2D eigenvalue weighted by molar-refractivity contribution is 6.10. The molecule has 1 amide bonds. The van der Waals surface area contributed by atoms with Crippen LogP contribution in [0.1, 0.15) is 89.1 Å². The summed E-state index contributed by atoms with van der Waals surface area (Å²) < 4.78 is 1.96. The zero-order valence-corrected chi connectivity index (χ0v) is 18.1. The first-order valence-corrected chi connectivity index (χ1v) is 11.4. The first-order chi connectivity index (χ1) is 15.1. The van der Waals surface area contributed by atoms with E-state index in [2.05, 4.69) is 41.4 Å². The second-order valence-corrected chi connectivity index (χ2v) is 9.46. The van der Waals surface area contributed by atoms with Crippen LogP contribution in [0.15, 0.2) is 36.7 Å². The molecule has 6 rings (SSSR count). The largest absolute Gasteiger partial charge is 0.321 e. The van der Waals surface area contributed by atoms with Gasteiger partial charge in [-0.1, -0.05) is 19.1 Å². The summed E-state index contributed by atoms with van der Waals surface area (Å²) in [7, 11) is 1.97. The molecular formula is C25H27N5O. The molecular weight excluding hydrogens is 386 g/mol. The van der Waals surface area contributed by atoms with Gasteiger partial charge in [-0.3, -0.25) is 9.78 Å². The highest BCUT2D eigenvalue weighted by Gasteiger charge is 2.38. The van der Waals surface area contributed by atoms with E-state index < -0.39 is 0 Å². The summed E-state index contributed by atoms with van der Waals surface area (Å²) in [4.78, 5) is 20.4. The summed E-state index contributed by atoms with van der Waals surface area (Å²) in [6.45, 7) is 2.84. The van der Waals surface area contributed by atoms with Crippen molar-refractivity contribution in [3.8, 4) is 0 Å². The van der Waals surface area contributed by atoms with Crippen molar-refractivity contribution in [3.63, 3.8) is 0 Å². The molecule has 3 heterocycles. The number of aromatic nitrogens is 4. The fraction of sp³-hybridized carbons (Fsp3) is 0.440. The molecule has 0 bridgehead atoms. The van der Waals surface area contributed by atoms with Crippen molar-refractivity contribution >= 4 is 11.6 Å². The van der Waals surface area contributed by atoms with Gasteiger partial charge in [-0.05, 0) is 55.4 Å². The molecule has 0 spiro atoms. The number of hydrogen-bond donors (Lipinski definition) is 0. The number of benzene rings is 1. The van der Waals surface area contributed by atoms with Crippen molar-refractivity contribution in [2.45, 2.75) is 63.3 Å². The van der Waals surface area contributed by atoms with E-state index in [1.807, 2.05) is 22.6 Å². The van der Waals surface area contributed by atoms with Crippen LogP contribution >= 0.6 is 0 Å². The van der Waals surface area contributed by atoms with E-state index in [1.54, 1.807) is 6.33 Å². The van der Waals surface area contributed by atoms with Gasteiger partial charge < -0.3 is 9.47 Å². The Labute approximate surface area is 182 Å². The number of pyridine rings is 1. The monoisotopic (exact) mass is 413 g/mol. The summed E-state index contributed by atoms with van der Waals surface area (Å²) >= 11 is 0. The quantitative estimate of drug-likeness (QED) is 0.598. The molecule has 2 saturated carbocycles. The summed E-state index contributed by atoms with van der Waals surface area (Å²) in [5, 5.41) is 8.21. The standard InChI is InChI=1S/C25H27N5O/c1-15(10-23-28-26-14-29(23)2)18-4-3-5-19(11-18)30-13-21-20(25(30)31)12-22(16-6-7-16)27-24(21)17-8-9-17/h3-5,11-12,14-17H,6-10,13H2,1-2H3/t15-/m1/s1. The normalized spacial score (nSPS) is 19.0. The summed E-state index contributed by atoms with van der Waals surface area (Å²) in [5.74, 6) is 2.50. The van der Waals surface area contributed by atoms with Gasteiger partial charge in [0, 0.05) is 53.5 Å². The Bertz CT molecular complexity index is 1170. The minimum absolute atomic E-state index is 0.124. The van der Waals surface area contributed by atoms with Crippen molar-refractivity contribution in [1.82, 2.24) is 19.7 Å². The molecule has 0 unspecified atom stereocenters. The number of carbonyl (C=O) groups excluding carboxylic acids is 1. The molecule has 1 atom stereocenters. The molecule has 0 saturated heterocycles. The number of amides is 1. The number of hydrogen-bond acceptors (Lipinski definition) is 4. The van der Waals surface area contributed by atoms with Gasteiger partial charge >= 0.3 is 0 Å². The minimum atomic E-state index is 0.124. The second kappa shape index (κ2) is 7.01. The van der Waals surface area contributed by atoms with Crippen LogP contribution < -0.4 is 4.90 Å². The average Bonchev–Trinajstić information content (AvgIpc) is 3.71. The lowest BCUT2D eigenvalue weighted by Gasteiger charge is -2.19. The van der Waals surface area contributed by atoms with Crippen LogP contribution in [0, 0.1) is 0 Å². The van der Waals surface area contributed by atoms with Gasteiger partial charge in [-0.2, -0.15) is 0 Å². The highest BCUT2D eigenvalue weighted by atomic mass is 16.2. The Morgan fingerprint density at radius 1 is 1.13 bits per heavy atom. The number of rotatable bonds is 6. The molecule has 3 aromatic rings. The Hall–Kier alpha value is -3.02. The molecule has 31 heavy (non-hydrogen) atoms. The van der Waals surface area contributed by atoms with Crippen molar-refractivity contribution in [2.75, 3.05) is 4.90 Å². The molecule has 0 N–H and O–H groups in total. The topological polar surface area (TPSA) is 63.9 Å². The number of fused-ring (bicyclic) bond motifs is 1. The van der Waals surface area contributed by atoms with E-state index >= 15 is 0 Å². The van der Waals surface area contributed by atoms with Crippen LogP contribution in [0.4, 0.5) is 5.69 Å². The van der Waals surface area contributed by atoms with Crippen molar-refractivity contribution in [2.24, 2.45) is 7.05 Å². The lowest BCUT2D eigenvalue weighted by molar-refractivity contribution is 0.0996. The third-order valence-electron chi connectivity index (χ3n) is 6.97. The van der Waals surface area contributed by atoms with Gasteiger partial charge in [-0.15, -0.1) is 10.2 Å². The lowest BCUT2D eigenvalue weighted by atomic mass is 9.97. The fourth-order valence-corrected chi connectivity index (χ4v) is 4.72. The zero-order valence-electron chi connectivity index (χ0n) is 18.1.